The molecule has 0 saturated heterocycles. The van der Waals surface area contributed by atoms with Crippen molar-refractivity contribution in [1.82, 2.24) is 9.88 Å². The second-order valence-electron chi connectivity index (χ2n) is 4.74. The van der Waals surface area contributed by atoms with Crippen LogP contribution in [-0.4, -0.2) is 23.0 Å². The molecule has 17 heavy (non-hydrogen) atoms. The van der Waals surface area contributed by atoms with Gasteiger partial charge in [-0.25, -0.2) is 0 Å². The van der Waals surface area contributed by atoms with Gasteiger partial charge in [0, 0.05) is 28.2 Å². The van der Waals surface area contributed by atoms with Crippen LogP contribution in [0.3, 0.4) is 0 Å². The topological polar surface area (TPSA) is 19.0 Å². The summed E-state index contributed by atoms with van der Waals surface area (Å²) in [5.74, 6) is 0. The third kappa shape index (κ3) is 1.96. The fourth-order valence-electron chi connectivity index (χ4n) is 2.72. The number of aromatic nitrogens is 1. The first-order chi connectivity index (χ1) is 8.28. The average molecular weight is 249 g/mol. The molecule has 0 bridgehead atoms. The monoisotopic (exact) mass is 248 g/mol. The summed E-state index contributed by atoms with van der Waals surface area (Å²) in [6.07, 6.45) is 2.39. The Kier molecular flexibility index (Phi) is 2.85. The first-order valence-corrected chi connectivity index (χ1v) is 6.67. The van der Waals surface area contributed by atoms with E-state index in [1.807, 2.05) is 6.07 Å². The highest BCUT2D eigenvalue weighted by Gasteiger charge is 2.17. The molecule has 1 aromatic heterocycles. The minimum atomic E-state index is 0.826. The number of benzene rings is 1. The molecule has 0 radical (unpaired) electrons. The van der Waals surface area contributed by atoms with Crippen LogP contribution in [0.1, 0.15) is 24.6 Å². The summed E-state index contributed by atoms with van der Waals surface area (Å²) in [6, 6.07) is 6.13. The zero-order chi connectivity index (χ0) is 11.8. The molecule has 0 spiro atoms. The predicted molar refractivity (Wildman–Crippen MR) is 72.6 cm³/mol. The molecule has 1 aliphatic rings. The van der Waals surface area contributed by atoms with Gasteiger partial charge in [-0.1, -0.05) is 18.5 Å². The number of nitrogens with zero attached hydrogens (tertiary/aromatic N) is 1. The number of fused-ring (bicyclic) bond motifs is 3. The number of nitrogens with one attached hydrogen (secondary N) is 1. The van der Waals surface area contributed by atoms with Crippen LogP contribution in [0.2, 0.25) is 5.02 Å². The molecule has 0 aliphatic carbocycles. The summed E-state index contributed by atoms with van der Waals surface area (Å²) in [5, 5.41) is 2.12. The van der Waals surface area contributed by atoms with Crippen molar-refractivity contribution in [3.63, 3.8) is 0 Å². The molecule has 3 rings (SSSR count). The van der Waals surface area contributed by atoms with Crippen molar-refractivity contribution in [2.75, 3.05) is 13.1 Å². The number of aryl methyl sites for hydroxylation is 1. The Hall–Kier alpha value is -0.990. The Bertz CT molecular complexity index is 544. The van der Waals surface area contributed by atoms with Crippen LogP contribution in [-0.2, 0) is 13.0 Å². The van der Waals surface area contributed by atoms with Crippen molar-refractivity contribution in [2.45, 2.75) is 26.3 Å². The van der Waals surface area contributed by atoms with Gasteiger partial charge in [0.25, 0.3) is 0 Å². The van der Waals surface area contributed by atoms with Gasteiger partial charge >= 0.3 is 0 Å². The van der Waals surface area contributed by atoms with Gasteiger partial charge in [-0.05, 0) is 49.7 Å². The Labute approximate surface area is 107 Å². The van der Waals surface area contributed by atoms with Crippen molar-refractivity contribution in [3.8, 4) is 0 Å². The van der Waals surface area contributed by atoms with Crippen LogP contribution in [0.5, 0.6) is 0 Å². The summed E-state index contributed by atoms with van der Waals surface area (Å²) >= 11 is 6.10. The SMILES string of the molecule is CCN1CCCc2[nH]c3ccc(Cl)cc3c2C1. The van der Waals surface area contributed by atoms with Crippen LogP contribution < -0.4 is 0 Å². The lowest BCUT2D eigenvalue weighted by molar-refractivity contribution is 0.285. The van der Waals surface area contributed by atoms with E-state index >= 15 is 0 Å². The highest BCUT2D eigenvalue weighted by atomic mass is 35.5. The van der Waals surface area contributed by atoms with Crippen LogP contribution in [0.25, 0.3) is 10.9 Å². The van der Waals surface area contributed by atoms with Crippen molar-refractivity contribution in [2.24, 2.45) is 0 Å². The molecule has 0 unspecified atom stereocenters. The standard InChI is InChI=1S/C14H17ClN2/c1-2-17-7-3-4-13-12(9-17)11-8-10(15)5-6-14(11)16-13/h5-6,8,16H,2-4,7,9H2,1H3. The van der Waals surface area contributed by atoms with Crippen molar-refractivity contribution in [1.29, 1.82) is 0 Å². The number of aromatic amines is 1. The minimum Gasteiger partial charge on any atom is -0.358 e. The maximum absolute atomic E-state index is 6.10. The fourth-order valence-corrected chi connectivity index (χ4v) is 2.89. The molecule has 0 fully saturated rings. The van der Waals surface area contributed by atoms with Gasteiger partial charge in [0.2, 0.25) is 0 Å². The molecular weight excluding hydrogens is 232 g/mol. The Morgan fingerprint density at radius 1 is 1.41 bits per heavy atom. The largest absolute Gasteiger partial charge is 0.358 e. The van der Waals surface area contributed by atoms with Gasteiger partial charge in [-0.3, -0.25) is 4.90 Å². The molecule has 1 aliphatic heterocycles. The number of halogens is 1. The average Bonchev–Trinajstić information content (AvgIpc) is 2.54. The molecule has 2 nitrogen and oxygen atoms in total. The van der Waals surface area contributed by atoms with Gasteiger partial charge in [-0.15, -0.1) is 0 Å². The molecule has 0 amide bonds. The lowest BCUT2D eigenvalue weighted by atomic mass is 10.1. The predicted octanol–water partition coefficient (Wildman–Crippen LogP) is 3.59. The lowest BCUT2D eigenvalue weighted by Gasteiger charge is -2.17. The van der Waals surface area contributed by atoms with Crippen LogP contribution in [0.4, 0.5) is 0 Å². The third-order valence-corrected chi connectivity index (χ3v) is 3.92. The zero-order valence-electron chi connectivity index (χ0n) is 10.1. The molecule has 0 saturated carbocycles. The summed E-state index contributed by atoms with van der Waals surface area (Å²) in [6.45, 7) is 5.59. The minimum absolute atomic E-state index is 0.826. The number of rotatable bonds is 1. The van der Waals surface area contributed by atoms with Gasteiger partial charge in [-0.2, -0.15) is 0 Å². The molecule has 1 aromatic carbocycles. The van der Waals surface area contributed by atoms with E-state index in [0.717, 1.165) is 24.5 Å². The molecule has 3 heteroatoms. The molecule has 90 valence electrons. The van der Waals surface area contributed by atoms with E-state index < -0.39 is 0 Å². The van der Waals surface area contributed by atoms with E-state index in [1.54, 1.807) is 0 Å². The second kappa shape index (κ2) is 4.35. The summed E-state index contributed by atoms with van der Waals surface area (Å²) < 4.78 is 0. The number of H-pyrrole nitrogens is 1. The maximum Gasteiger partial charge on any atom is 0.0460 e. The molecular formula is C14H17ClN2. The first-order valence-electron chi connectivity index (χ1n) is 6.29. The van der Waals surface area contributed by atoms with E-state index in [9.17, 15) is 0 Å². The summed E-state index contributed by atoms with van der Waals surface area (Å²) in [7, 11) is 0. The molecule has 1 N–H and O–H groups in total. The molecule has 2 aromatic rings. The molecule has 0 atom stereocenters. The highest BCUT2D eigenvalue weighted by Crippen LogP contribution is 2.29. The molecule has 2 heterocycles. The zero-order valence-corrected chi connectivity index (χ0v) is 10.8. The fraction of sp³-hybridized carbons (Fsp3) is 0.429. The summed E-state index contributed by atoms with van der Waals surface area (Å²) in [4.78, 5) is 6.04. The van der Waals surface area contributed by atoms with Crippen molar-refractivity contribution < 1.29 is 0 Å². The van der Waals surface area contributed by atoms with Crippen LogP contribution in [0.15, 0.2) is 18.2 Å². The van der Waals surface area contributed by atoms with E-state index in [1.165, 1.54) is 35.1 Å². The second-order valence-corrected chi connectivity index (χ2v) is 5.18. The number of hydrogen-bond acceptors (Lipinski definition) is 1. The Morgan fingerprint density at radius 3 is 3.12 bits per heavy atom. The quantitative estimate of drug-likeness (QED) is 0.817. The normalized spacial score (nSPS) is 17.1. The third-order valence-electron chi connectivity index (χ3n) is 3.69. The van der Waals surface area contributed by atoms with Crippen LogP contribution >= 0.6 is 11.6 Å². The number of hydrogen-bond donors (Lipinski definition) is 1. The van der Waals surface area contributed by atoms with Gasteiger partial charge < -0.3 is 4.98 Å². The Morgan fingerprint density at radius 2 is 2.29 bits per heavy atom. The van der Waals surface area contributed by atoms with Gasteiger partial charge in [0.15, 0.2) is 0 Å². The smallest absolute Gasteiger partial charge is 0.0460 e. The van der Waals surface area contributed by atoms with Crippen LogP contribution in [0, 0.1) is 0 Å². The van der Waals surface area contributed by atoms with Crippen molar-refractivity contribution >= 4 is 22.5 Å². The van der Waals surface area contributed by atoms with Crippen molar-refractivity contribution in [3.05, 3.63) is 34.5 Å². The highest BCUT2D eigenvalue weighted by molar-refractivity contribution is 6.31. The van der Waals surface area contributed by atoms with E-state index in [4.69, 9.17) is 11.6 Å². The van der Waals surface area contributed by atoms with Gasteiger partial charge in [0.05, 0.1) is 0 Å². The van der Waals surface area contributed by atoms with E-state index in [2.05, 4.69) is 28.9 Å². The summed E-state index contributed by atoms with van der Waals surface area (Å²) in [5.41, 5.74) is 4.07. The lowest BCUT2D eigenvalue weighted by Crippen LogP contribution is -2.22. The van der Waals surface area contributed by atoms with E-state index in [-0.39, 0.29) is 0 Å². The maximum atomic E-state index is 6.10. The van der Waals surface area contributed by atoms with E-state index in [0.29, 0.717) is 0 Å². The Balaban J connectivity index is 2.14. The van der Waals surface area contributed by atoms with Gasteiger partial charge in [0.1, 0.15) is 0 Å². The first kappa shape index (κ1) is 11.1.